The minimum Gasteiger partial charge on any atom is -0.374 e. The second-order valence-electron chi connectivity index (χ2n) is 1.87. The van der Waals surface area contributed by atoms with Crippen LogP contribution < -0.4 is 0 Å². The van der Waals surface area contributed by atoms with Crippen LogP contribution in [0.5, 0.6) is 0 Å². The molecule has 0 aromatic heterocycles. The fraction of sp³-hybridized carbons (Fsp3) is 0.429. The molecule has 0 aromatic rings. The summed E-state index contributed by atoms with van der Waals surface area (Å²) in [7, 11) is 1.80. The Bertz CT molecular complexity index is 107. The van der Waals surface area contributed by atoms with Gasteiger partial charge >= 0.3 is 0 Å². The molecule has 9 heavy (non-hydrogen) atoms. The van der Waals surface area contributed by atoms with Gasteiger partial charge in [0.2, 0.25) is 0 Å². The molecule has 0 rings (SSSR count). The molecule has 0 aliphatic carbocycles. The van der Waals surface area contributed by atoms with Crippen LogP contribution in [0.3, 0.4) is 0 Å². The van der Waals surface area contributed by atoms with Gasteiger partial charge in [-0.1, -0.05) is 12.7 Å². The summed E-state index contributed by atoms with van der Waals surface area (Å²) in [6, 6.07) is 0. The van der Waals surface area contributed by atoms with Gasteiger partial charge in [-0.15, -0.1) is 0 Å². The molecule has 0 aromatic carbocycles. The summed E-state index contributed by atoms with van der Waals surface area (Å²) in [6.45, 7) is 5.20. The van der Waals surface area contributed by atoms with E-state index in [-0.39, 0.29) is 0 Å². The van der Waals surface area contributed by atoms with Gasteiger partial charge in [0.1, 0.15) is 6.23 Å². The van der Waals surface area contributed by atoms with Crippen LogP contribution in [0.1, 0.15) is 6.92 Å². The van der Waals surface area contributed by atoms with E-state index in [0.717, 1.165) is 0 Å². The van der Waals surface area contributed by atoms with E-state index in [1.165, 1.54) is 0 Å². The standard InChI is InChI=1S/C7H13NO/c1-4-5-6-8(3)7(2)9/h4-7,9H,1H2,2-3H3/b6-5-. The van der Waals surface area contributed by atoms with Gasteiger partial charge in [0.15, 0.2) is 0 Å². The van der Waals surface area contributed by atoms with E-state index in [9.17, 15) is 0 Å². The van der Waals surface area contributed by atoms with Crippen molar-refractivity contribution in [1.82, 2.24) is 4.90 Å². The summed E-state index contributed by atoms with van der Waals surface area (Å²) >= 11 is 0. The maximum atomic E-state index is 8.89. The van der Waals surface area contributed by atoms with Crippen LogP contribution in [0.15, 0.2) is 24.9 Å². The molecule has 1 N–H and O–H groups in total. The smallest absolute Gasteiger partial charge is 0.123 e. The molecule has 0 saturated carbocycles. The van der Waals surface area contributed by atoms with Crippen molar-refractivity contribution in [2.24, 2.45) is 0 Å². The molecule has 52 valence electrons. The zero-order valence-electron chi connectivity index (χ0n) is 5.91. The summed E-state index contributed by atoms with van der Waals surface area (Å²) in [5.41, 5.74) is 0. The molecule has 1 atom stereocenters. The Kier molecular flexibility index (Phi) is 3.80. The third-order valence-electron chi connectivity index (χ3n) is 1.05. The van der Waals surface area contributed by atoms with Crippen molar-refractivity contribution < 1.29 is 5.11 Å². The quantitative estimate of drug-likeness (QED) is 0.451. The average molecular weight is 127 g/mol. The van der Waals surface area contributed by atoms with Crippen molar-refractivity contribution in [2.75, 3.05) is 7.05 Å². The average Bonchev–Trinajstić information content (AvgIpc) is 1.82. The SMILES string of the molecule is C=C/C=C\N(C)C(C)O. The Morgan fingerprint density at radius 2 is 2.22 bits per heavy atom. The van der Waals surface area contributed by atoms with Crippen molar-refractivity contribution >= 4 is 0 Å². The van der Waals surface area contributed by atoms with Crippen molar-refractivity contribution in [3.8, 4) is 0 Å². The van der Waals surface area contributed by atoms with Crippen molar-refractivity contribution in [3.05, 3.63) is 24.9 Å². The monoisotopic (exact) mass is 127 g/mol. The lowest BCUT2D eigenvalue weighted by molar-refractivity contribution is 0.0728. The number of rotatable bonds is 3. The lowest BCUT2D eigenvalue weighted by atomic mass is 10.5. The molecule has 2 heteroatoms. The van der Waals surface area contributed by atoms with Gasteiger partial charge in [-0.2, -0.15) is 0 Å². The van der Waals surface area contributed by atoms with Crippen LogP contribution in [0, 0.1) is 0 Å². The van der Waals surface area contributed by atoms with E-state index in [1.807, 2.05) is 0 Å². The Balaban J connectivity index is 3.61. The lowest BCUT2D eigenvalue weighted by Gasteiger charge is -2.16. The second kappa shape index (κ2) is 4.15. The minimum absolute atomic E-state index is 0.429. The van der Waals surface area contributed by atoms with Gasteiger partial charge in [0.25, 0.3) is 0 Å². The van der Waals surface area contributed by atoms with Crippen LogP contribution in [0.25, 0.3) is 0 Å². The summed E-state index contributed by atoms with van der Waals surface area (Å²) in [5, 5.41) is 8.89. The van der Waals surface area contributed by atoms with Crippen LogP contribution in [-0.4, -0.2) is 23.3 Å². The number of allylic oxidation sites excluding steroid dienone is 2. The predicted octanol–water partition coefficient (Wildman–Crippen LogP) is 0.956. The Morgan fingerprint density at radius 1 is 1.67 bits per heavy atom. The zero-order chi connectivity index (χ0) is 7.28. The van der Waals surface area contributed by atoms with E-state index < -0.39 is 6.23 Å². The van der Waals surface area contributed by atoms with Gasteiger partial charge in [-0.25, -0.2) is 0 Å². The molecule has 0 bridgehead atoms. The van der Waals surface area contributed by atoms with E-state index in [2.05, 4.69) is 6.58 Å². The molecule has 0 radical (unpaired) electrons. The number of aliphatic hydroxyl groups is 1. The summed E-state index contributed by atoms with van der Waals surface area (Å²) in [6.07, 6.45) is 4.77. The number of hydrogen-bond donors (Lipinski definition) is 1. The van der Waals surface area contributed by atoms with Gasteiger partial charge in [0, 0.05) is 13.2 Å². The fourth-order valence-corrected chi connectivity index (χ4v) is 0.321. The fourth-order valence-electron chi connectivity index (χ4n) is 0.321. The van der Waals surface area contributed by atoms with Gasteiger partial charge in [0.05, 0.1) is 0 Å². The minimum atomic E-state index is -0.429. The first-order valence-corrected chi connectivity index (χ1v) is 2.87. The van der Waals surface area contributed by atoms with Gasteiger partial charge in [-0.05, 0) is 13.0 Å². The summed E-state index contributed by atoms with van der Waals surface area (Å²) in [4.78, 5) is 1.68. The molecular weight excluding hydrogens is 114 g/mol. The Labute approximate surface area is 56.1 Å². The largest absolute Gasteiger partial charge is 0.374 e. The summed E-state index contributed by atoms with van der Waals surface area (Å²) < 4.78 is 0. The molecule has 0 fully saturated rings. The highest BCUT2D eigenvalue weighted by molar-refractivity contribution is 4.96. The molecule has 2 nitrogen and oxygen atoms in total. The van der Waals surface area contributed by atoms with Crippen LogP contribution >= 0.6 is 0 Å². The Morgan fingerprint density at radius 3 is 2.56 bits per heavy atom. The molecule has 0 aliphatic rings. The maximum Gasteiger partial charge on any atom is 0.123 e. The maximum absolute atomic E-state index is 8.89. The Hall–Kier alpha value is -0.760. The number of nitrogens with zero attached hydrogens (tertiary/aromatic N) is 1. The number of aliphatic hydroxyl groups excluding tert-OH is 1. The highest BCUT2D eigenvalue weighted by Crippen LogP contribution is 1.90. The number of hydrogen-bond acceptors (Lipinski definition) is 2. The first-order chi connectivity index (χ1) is 4.18. The molecule has 1 unspecified atom stereocenters. The van der Waals surface area contributed by atoms with Crippen molar-refractivity contribution in [1.29, 1.82) is 0 Å². The predicted molar refractivity (Wildman–Crippen MR) is 38.8 cm³/mol. The van der Waals surface area contributed by atoms with Gasteiger partial charge < -0.3 is 10.0 Å². The van der Waals surface area contributed by atoms with E-state index in [4.69, 9.17) is 5.11 Å². The molecule has 0 aliphatic heterocycles. The first kappa shape index (κ1) is 8.24. The van der Waals surface area contributed by atoms with Crippen molar-refractivity contribution in [3.63, 3.8) is 0 Å². The lowest BCUT2D eigenvalue weighted by Crippen LogP contribution is -2.22. The van der Waals surface area contributed by atoms with Crippen LogP contribution in [0.4, 0.5) is 0 Å². The van der Waals surface area contributed by atoms with Gasteiger partial charge in [-0.3, -0.25) is 0 Å². The molecule has 0 saturated heterocycles. The second-order valence-corrected chi connectivity index (χ2v) is 1.87. The van der Waals surface area contributed by atoms with Crippen molar-refractivity contribution in [2.45, 2.75) is 13.2 Å². The molecule has 0 spiro atoms. The van der Waals surface area contributed by atoms with E-state index in [1.54, 1.807) is 37.2 Å². The van der Waals surface area contributed by atoms with E-state index >= 15 is 0 Å². The summed E-state index contributed by atoms with van der Waals surface area (Å²) in [5.74, 6) is 0. The van der Waals surface area contributed by atoms with E-state index in [0.29, 0.717) is 0 Å². The highest BCUT2D eigenvalue weighted by Gasteiger charge is 1.94. The third kappa shape index (κ3) is 3.79. The molecular formula is C7H13NO. The van der Waals surface area contributed by atoms with Crippen LogP contribution in [-0.2, 0) is 0 Å². The topological polar surface area (TPSA) is 23.5 Å². The first-order valence-electron chi connectivity index (χ1n) is 2.87. The van der Waals surface area contributed by atoms with Crippen LogP contribution in [0.2, 0.25) is 0 Å². The zero-order valence-corrected chi connectivity index (χ0v) is 5.91. The molecule has 0 amide bonds. The third-order valence-corrected chi connectivity index (χ3v) is 1.05. The molecule has 0 heterocycles. The normalized spacial score (nSPS) is 13.7. The highest BCUT2D eigenvalue weighted by atomic mass is 16.3.